The Morgan fingerprint density at radius 3 is 1.81 bits per heavy atom. The molecule has 3 aromatic carbocycles. The highest BCUT2D eigenvalue weighted by molar-refractivity contribution is 5.81. The van der Waals surface area contributed by atoms with Crippen LogP contribution in [0.5, 0.6) is 0 Å². The van der Waals surface area contributed by atoms with E-state index in [1.807, 2.05) is 0 Å². The van der Waals surface area contributed by atoms with Crippen LogP contribution in [0.1, 0.15) is 76.0 Å². The maximum absolute atomic E-state index is 3.72. The van der Waals surface area contributed by atoms with Gasteiger partial charge in [-0.15, -0.1) is 0 Å². The van der Waals surface area contributed by atoms with Crippen molar-refractivity contribution in [2.75, 3.05) is 5.32 Å². The molecule has 0 aliphatic rings. The minimum absolute atomic E-state index is 1.14. The van der Waals surface area contributed by atoms with Crippen molar-refractivity contribution in [2.45, 2.75) is 78.6 Å². The summed E-state index contributed by atoms with van der Waals surface area (Å²) in [4.78, 5) is 0. The van der Waals surface area contributed by atoms with E-state index in [-0.39, 0.29) is 0 Å². The summed E-state index contributed by atoms with van der Waals surface area (Å²) in [5.41, 5.74) is 9.23. The van der Waals surface area contributed by atoms with Gasteiger partial charge in [0.1, 0.15) is 0 Å². The lowest BCUT2D eigenvalue weighted by Gasteiger charge is -2.16. The smallest absolute Gasteiger partial charge is 0.0464 e. The van der Waals surface area contributed by atoms with Crippen LogP contribution in [0, 0.1) is 0 Å². The molecule has 0 atom stereocenters. The average molecular weight is 414 g/mol. The Hall–Kier alpha value is -2.54. The van der Waals surface area contributed by atoms with E-state index >= 15 is 0 Å². The number of nitrogens with one attached hydrogen (secondary N) is 1. The van der Waals surface area contributed by atoms with Crippen molar-refractivity contribution in [2.24, 2.45) is 0 Å². The fraction of sp³-hybridized carbons (Fsp3) is 0.400. The molecule has 3 rings (SSSR count). The average Bonchev–Trinajstić information content (AvgIpc) is 2.81. The molecule has 0 radical (unpaired) electrons. The van der Waals surface area contributed by atoms with Gasteiger partial charge in [0.25, 0.3) is 0 Å². The predicted octanol–water partition coefficient (Wildman–Crippen LogP) is 9.12. The molecule has 31 heavy (non-hydrogen) atoms. The van der Waals surface area contributed by atoms with Crippen molar-refractivity contribution in [3.8, 4) is 11.1 Å². The molecule has 0 amide bonds. The van der Waals surface area contributed by atoms with Gasteiger partial charge in [-0.2, -0.15) is 0 Å². The summed E-state index contributed by atoms with van der Waals surface area (Å²) in [5.74, 6) is 0. The molecule has 0 spiro atoms. The van der Waals surface area contributed by atoms with Gasteiger partial charge in [0.2, 0.25) is 0 Å². The van der Waals surface area contributed by atoms with Crippen LogP contribution in [0.2, 0.25) is 0 Å². The number of hydrogen-bond acceptors (Lipinski definition) is 1. The molecule has 0 bridgehead atoms. The van der Waals surface area contributed by atoms with E-state index in [2.05, 4.69) is 92.8 Å². The molecule has 1 heteroatoms. The highest BCUT2D eigenvalue weighted by atomic mass is 14.9. The minimum atomic E-state index is 1.14. The van der Waals surface area contributed by atoms with Gasteiger partial charge in [0, 0.05) is 16.9 Å². The molecule has 0 unspecified atom stereocenters. The monoisotopic (exact) mass is 413 g/mol. The zero-order chi connectivity index (χ0) is 21.9. The molecule has 1 N–H and O–H groups in total. The molecule has 0 aliphatic carbocycles. The molecule has 164 valence electrons. The van der Waals surface area contributed by atoms with Gasteiger partial charge >= 0.3 is 0 Å². The maximum atomic E-state index is 3.72. The van der Waals surface area contributed by atoms with E-state index in [0.29, 0.717) is 0 Å². The number of anilines is 2. The van der Waals surface area contributed by atoms with E-state index in [9.17, 15) is 0 Å². The second kappa shape index (κ2) is 12.3. The van der Waals surface area contributed by atoms with Gasteiger partial charge in [-0.25, -0.2) is 0 Å². The van der Waals surface area contributed by atoms with Crippen LogP contribution in [-0.2, 0) is 19.3 Å². The van der Waals surface area contributed by atoms with Crippen LogP contribution < -0.4 is 5.32 Å². The quantitative estimate of drug-likeness (QED) is 0.312. The highest BCUT2D eigenvalue weighted by Crippen LogP contribution is 2.32. The van der Waals surface area contributed by atoms with Gasteiger partial charge in [-0.3, -0.25) is 0 Å². The van der Waals surface area contributed by atoms with Crippen LogP contribution in [-0.4, -0.2) is 0 Å². The van der Waals surface area contributed by atoms with Crippen molar-refractivity contribution < 1.29 is 0 Å². The summed E-state index contributed by atoms with van der Waals surface area (Å²) in [6, 6.07) is 25.0. The van der Waals surface area contributed by atoms with Gasteiger partial charge in [0.05, 0.1) is 0 Å². The Bertz CT molecular complexity index is 923. The van der Waals surface area contributed by atoms with Crippen molar-refractivity contribution in [1.29, 1.82) is 0 Å². The van der Waals surface area contributed by atoms with Crippen molar-refractivity contribution in [1.82, 2.24) is 0 Å². The number of hydrogen-bond donors (Lipinski definition) is 1. The molecule has 0 saturated carbocycles. The first-order valence-corrected chi connectivity index (χ1v) is 12.3. The minimum Gasteiger partial charge on any atom is -0.355 e. The van der Waals surface area contributed by atoms with Crippen molar-refractivity contribution in [3.05, 3.63) is 83.4 Å². The van der Waals surface area contributed by atoms with Crippen LogP contribution in [0.4, 0.5) is 11.4 Å². The summed E-state index contributed by atoms with van der Waals surface area (Å²) >= 11 is 0. The van der Waals surface area contributed by atoms with E-state index in [4.69, 9.17) is 0 Å². The molecule has 0 heterocycles. The molecular formula is C30H39N. The first-order valence-electron chi connectivity index (χ1n) is 12.3. The van der Waals surface area contributed by atoms with E-state index in [1.165, 1.54) is 84.1 Å². The topological polar surface area (TPSA) is 12.0 Å². The van der Waals surface area contributed by atoms with E-state index in [0.717, 1.165) is 12.8 Å². The molecular weight excluding hydrogens is 374 g/mol. The van der Waals surface area contributed by atoms with Gasteiger partial charge in [0.15, 0.2) is 0 Å². The lowest BCUT2D eigenvalue weighted by atomic mass is 9.96. The summed E-state index contributed by atoms with van der Waals surface area (Å²) in [6.45, 7) is 6.77. The van der Waals surface area contributed by atoms with E-state index in [1.54, 1.807) is 0 Å². The Morgan fingerprint density at radius 1 is 0.581 bits per heavy atom. The molecule has 0 saturated heterocycles. The standard InChI is InChI=1S/C30H39N/c1-4-7-11-24-16-19-27(20-17-24)29-23-26(13-9-6-3)18-21-30(29)31-28-15-10-14-25(22-28)12-8-5-2/h10,14-23,31H,4-9,11-13H2,1-3H3. The Labute approximate surface area is 189 Å². The fourth-order valence-corrected chi connectivity index (χ4v) is 4.05. The third kappa shape index (κ3) is 6.99. The van der Waals surface area contributed by atoms with Crippen molar-refractivity contribution >= 4 is 11.4 Å². The fourth-order valence-electron chi connectivity index (χ4n) is 4.05. The normalized spacial score (nSPS) is 10.9. The number of aryl methyl sites for hydroxylation is 3. The third-order valence-electron chi connectivity index (χ3n) is 6.01. The molecule has 0 fully saturated rings. The van der Waals surface area contributed by atoms with Gasteiger partial charge in [-0.1, -0.05) is 82.5 Å². The summed E-state index contributed by atoms with van der Waals surface area (Å²) in [6.07, 6.45) is 10.9. The lowest BCUT2D eigenvalue weighted by molar-refractivity contribution is 0.795. The van der Waals surface area contributed by atoms with E-state index < -0.39 is 0 Å². The zero-order valence-electron chi connectivity index (χ0n) is 19.7. The van der Waals surface area contributed by atoms with Gasteiger partial charge < -0.3 is 5.32 Å². The first kappa shape index (κ1) is 23.1. The predicted molar refractivity (Wildman–Crippen MR) is 137 cm³/mol. The first-order chi connectivity index (χ1) is 15.2. The van der Waals surface area contributed by atoms with Crippen molar-refractivity contribution in [3.63, 3.8) is 0 Å². The Balaban J connectivity index is 1.89. The van der Waals surface area contributed by atoms with Crippen LogP contribution in [0.15, 0.2) is 66.7 Å². The Kier molecular flexibility index (Phi) is 9.21. The second-order valence-corrected chi connectivity index (χ2v) is 8.71. The SMILES string of the molecule is CCCCc1ccc(-c2cc(CCCC)ccc2Nc2cccc(CCCC)c2)cc1. The maximum Gasteiger partial charge on any atom is 0.0464 e. The number of unbranched alkanes of at least 4 members (excludes halogenated alkanes) is 3. The largest absolute Gasteiger partial charge is 0.355 e. The Morgan fingerprint density at radius 2 is 1.16 bits per heavy atom. The summed E-state index contributed by atoms with van der Waals surface area (Å²) in [7, 11) is 0. The van der Waals surface area contributed by atoms with Crippen LogP contribution >= 0.6 is 0 Å². The number of rotatable bonds is 12. The lowest BCUT2D eigenvalue weighted by Crippen LogP contribution is -1.97. The second-order valence-electron chi connectivity index (χ2n) is 8.71. The number of benzene rings is 3. The summed E-state index contributed by atoms with van der Waals surface area (Å²) < 4.78 is 0. The molecule has 1 nitrogen and oxygen atoms in total. The van der Waals surface area contributed by atoms with Gasteiger partial charge in [-0.05, 0) is 85.0 Å². The summed E-state index contributed by atoms with van der Waals surface area (Å²) in [5, 5.41) is 3.72. The zero-order valence-corrected chi connectivity index (χ0v) is 19.7. The highest BCUT2D eigenvalue weighted by Gasteiger charge is 2.09. The van der Waals surface area contributed by atoms with Crippen LogP contribution in [0.25, 0.3) is 11.1 Å². The molecule has 0 aliphatic heterocycles. The van der Waals surface area contributed by atoms with Crippen LogP contribution in [0.3, 0.4) is 0 Å². The molecule has 3 aromatic rings. The third-order valence-corrected chi connectivity index (χ3v) is 6.01. The molecule has 0 aromatic heterocycles.